The van der Waals surface area contributed by atoms with E-state index in [2.05, 4.69) is 40.7 Å². The second kappa shape index (κ2) is 9.22. The molecule has 3 heterocycles. The van der Waals surface area contributed by atoms with Crippen molar-refractivity contribution >= 4 is 46.0 Å². The molecular weight excluding hydrogens is 382 g/mol. The number of thiol groups is 1. The average molecular weight is 414 g/mol. The Morgan fingerprint density at radius 1 is 1.21 bits per heavy atom. The Morgan fingerprint density at radius 3 is 2.48 bits per heavy atom. The summed E-state index contributed by atoms with van der Waals surface area (Å²) in [7, 11) is 4.01. The molecule has 0 spiro atoms. The zero-order chi connectivity index (χ0) is 21.9. The fourth-order valence-electron chi connectivity index (χ4n) is 3.45. The van der Waals surface area contributed by atoms with E-state index in [9.17, 15) is 4.79 Å². The number of fused-ring (bicyclic) bond motifs is 5. The van der Waals surface area contributed by atoms with Crippen molar-refractivity contribution in [3.05, 3.63) is 51.6 Å². The number of hydrogen-bond donors (Lipinski definition) is 3. The highest BCUT2D eigenvalue weighted by Gasteiger charge is 2.18. The van der Waals surface area contributed by atoms with Gasteiger partial charge < -0.3 is 14.9 Å². The van der Waals surface area contributed by atoms with Gasteiger partial charge in [-0.2, -0.15) is 12.6 Å². The number of aryl methyl sites for hydroxylation is 2. The molecule has 0 bridgehead atoms. The highest BCUT2D eigenvalue weighted by molar-refractivity contribution is 7.79. The number of nitrogens with one attached hydrogen (secondary N) is 2. The van der Waals surface area contributed by atoms with E-state index >= 15 is 0 Å². The summed E-state index contributed by atoms with van der Waals surface area (Å²) in [6, 6.07) is 3.44. The molecule has 0 radical (unpaired) electrons. The molecule has 0 fully saturated rings. The molecule has 0 unspecified atom stereocenters. The first-order valence-corrected chi connectivity index (χ1v) is 10.6. The van der Waals surface area contributed by atoms with Crippen molar-refractivity contribution in [3.8, 4) is 0 Å². The Hall–Kier alpha value is -2.67. The number of hydrogen-bond acceptors (Lipinski definition) is 4. The van der Waals surface area contributed by atoms with E-state index in [-0.39, 0.29) is 5.43 Å². The summed E-state index contributed by atoms with van der Waals surface area (Å²) in [4.78, 5) is 25.7. The second-order valence-corrected chi connectivity index (χ2v) is 6.80. The van der Waals surface area contributed by atoms with E-state index in [4.69, 9.17) is 0 Å². The average Bonchev–Trinajstić information content (AvgIpc) is 3.25. The van der Waals surface area contributed by atoms with Crippen LogP contribution in [0.1, 0.15) is 37.6 Å². The fraction of sp³-hybridized carbons (Fsp3) is 0.364. The van der Waals surface area contributed by atoms with Gasteiger partial charge in [0, 0.05) is 32.1 Å². The minimum absolute atomic E-state index is 0.0396. The van der Waals surface area contributed by atoms with Crippen molar-refractivity contribution in [2.75, 3.05) is 20.4 Å². The molecule has 1 aromatic carbocycles. The van der Waals surface area contributed by atoms with E-state index in [1.54, 1.807) is 12.3 Å². The lowest BCUT2D eigenvalue weighted by Gasteiger charge is -2.09. The number of rotatable bonds is 2. The molecule has 0 atom stereocenters. The molecule has 0 aliphatic carbocycles. The molecule has 4 aromatic rings. The van der Waals surface area contributed by atoms with Crippen LogP contribution in [0.4, 0.5) is 0 Å². The maximum Gasteiger partial charge on any atom is 0.206 e. The molecule has 0 aliphatic heterocycles. The minimum Gasteiger partial charge on any atom is -0.383 e. The van der Waals surface area contributed by atoms with Gasteiger partial charge in [0.15, 0.2) is 0 Å². The van der Waals surface area contributed by atoms with Gasteiger partial charge in [-0.3, -0.25) is 9.20 Å². The quantitative estimate of drug-likeness (QED) is 0.415. The summed E-state index contributed by atoms with van der Waals surface area (Å²) in [6.07, 6.45) is 5.72. The summed E-state index contributed by atoms with van der Waals surface area (Å²) in [5, 5.41) is 0. The molecule has 6 nitrogen and oxygen atoms in total. The van der Waals surface area contributed by atoms with Gasteiger partial charge in [0.05, 0.1) is 16.7 Å². The standard InChI is InChI=1S/C19H21N5O.C2H6.CH4S/c1-10-6-7-14(25)16-17(10)24-18(22-16)12(3)15-19(24)20-8-13(21-15)11(2)9-23(4)5;2*1-2/h6-9,20-21H,1-5H3;1-2H3;2H,1H3/b11-9+;;. The minimum atomic E-state index is -0.0396. The predicted molar refractivity (Wildman–Crippen MR) is 128 cm³/mol. The van der Waals surface area contributed by atoms with Crippen molar-refractivity contribution in [2.45, 2.75) is 34.6 Å². The van der Waals surface area contributed by atoms with Crippen LogP contribution in [0.3, 0.4) is 0 Å². The molecule has 29 heavy (non-hydrogen) atoms. The zero-order valence-corrected chi connectivity index (χ0v) is 19.4. The van der Waals surface area contributed by atoms with Gasteiger partial charge in [-0.1, -0.05) is 19.9 Å². The van der Waals surface area contributed by atoms with E-state index in [1.165, 1.54) is 0 Å². The third kappa shape index (κ3) is 3.92. The highest BCUT2D eigenvalue weighted by Crippen LogP contribution is 2.28. The summed E-state index contributed by atoms with van der Waals surface area (Å²) < 4.78 is 2.04. The molecule has 0 aliphatic rings. The SMILES string of the molecule is C/C(=C\N(C)C)c1c[nH]c2c([nH]1)c(C)c1nc3c(=O)ccc(C)c3n12.CC.CS. The van der Waals surface area contributed by atoms with Crippen LogP contribution in [-0.4, -0.2) is 44.6 Å². The predicted octanol–water partition coefficient (Wildman–Crippen LogP) is 4.77. The highest BCUT2D eigenvalue weighted by atomic mass is 32.1. The zero-order valence-electron chi connectivity index (χ0n) is 18.5. The fourth-order valence-corrected chi connectivity index (χ4v) is 3.45. The Bertz CT molecular complexity index is 1230. The normalized spacial score (nSPS) is 11.3. The number of aromatic nitrogens is 4. The van der Waals surface area contributed by atoms with E-state index < -0.39 is 0 Å². The van der Waals surface area contributed by atoms with Crippen molar-refractivity contribution in [3.63, 3.8) is 0 Å². The van der Waals surface area contributed by atoms with Crippen molar-refractivity contribution in [1.82, 2.24) is 24.3 Å². The van der Waals surface area contributed by atoms with Crippen LogP contribution in [0.25, 0.3) is 33.4 Å². The Kier molecular flexibility index (Phi) is 7.19. The van der Waals surface area contributed by atoms with Gasteiger partial charge in [0.1, 0.15) is 16.8 Å². The van der Waals surface area contributed by atoms with Crippen LogP contribution in [0, 0.1) is 13.8 Å². The summed E-state index contributed by atoms with van der Waals surface area (Å²) in [6.45, 7) is 10.1. The maximum atomic E-state index is 12.2. The third-order valence-corrected chi connectivity index (χ3v) is 4.63. The van der Waals surface area contributed by atoms with E-state index in [0.717, 1.165) is 44.7 Å². The smallest absolute Gasteiger partial charge is 0.206 e. The van der Waals surface area contributed by atoms with Gasteiger partial charge in [-0.25, -0.2) is 4.98 Å². The van der Waals surface area contributed by atoms with E-state index in [1.807, 2.05) is 63.4 Å². The number of aromatic amines is 2. The molecule has 4 rings (SSSR count). The Morgan fingerprint density at radius 2 is 1.86 bits per heavy atom. The lowest BCUT2D eigenvalue weighted by atomic mass is 10.2. The number of H-pyrrole nitrogens is 2. The van der Waals surface area contributed by atoms with Gasteiger partial charge in [-0.15, -0.1) is 0 Å². The molecule has 7 heteroatoms. The van der Waals surface area contributed by atoms with E-state index in [0.29, 0.717) is 5.52 Å². The Labute approximate surface area is 177 Å². The summed E-state index contributed by atoms with van der Waals surface area (Å²) in [5.74, 6) is 0. The molecule has 156 valence electrons. The van der Waals surface area contributed by atoms with Crippen LogP contribution in [0.15, 0.2) is 29.3 Å². The second-order valence-electron chi connectivity index (χ2n) is 6.80. The monoisotopic (exact) mass is 413 g/mol. The molecule has 3 aromatic heterocycles. The molecule has 0 saturated carbocycles. The van der Waals surface area contributed by atoms with Gasteiger partial charge >= 0.3 is 0 Å². The van der Waals surface area contributed by atoms with Crippen molar-refractivity contribution in [2.24, 2.45) is 0 Å². The van der Waals surface area contributed by atoms with Gasteiger partial charge in [0.25, 0.3) is 0 Å². The van der Waals surface area contributed by atoms with Crippen molar-refractivity contribution < 1.29 is 0 Å². The van der Waals surface area contributed by atoms with Crippen molar-refractivity contribution in [1.29, 1.82) is 0 Å². The number of nitrogens with zero attached hydrogens (tertiary/aromatic N) is 3. The van der Waals surface area contributed by atoms with Gasteiger partial charge in [-0.05, 0) is 44.2 Å². The topological polar surface area (TPSA) is 69.2 Å². The van der Waals surface area contributed by atoms with Crippen LogP contribution in [0.2, 0.25) is 0 Å². The molecular formula is C22H31N5OS. The lowest BCUT2D eigenvalue weighted by molar-refractivity contribution is 0.565. The first-order chi connectivity index (χ1) is 13.9. The number of allylic oxidation sites excluding steroid dienone is 1. The largest absolute Gasteiger partial charge is 0.383 e. The first-order valence-electron chi connectivity index (χ1n) is 9.70. The summed E-state index contributed by atoms with van der Waals surface area (Å²) in [5.41, 5.74) is 8.31. The molecule has 2 N–H and O–H groups in total. The van der Waals surface area contributed by atoms with Crippen LogP contribution < -0.4 is 5.43 Å². The molecule has 0 amide bonds. The van der Waals surface area contributed by atoms with Crippen LogP contribution in [0.5, 0.6) is 0 Å². The molecule has 0 saturated heterocycles. The van der Waals surface area contributed by atoms with Crippen LogP contribution in [-0.2, 0) is 0 Å². The number of imidazole rings is 1. The Balaban J connectivity index is 0.000000707. The van der Waals surface area contributed by atoms with Crippen LogP contribution >= 0.6 is 12.6 Å². The number of benzene rings is 1. The lowest BCUT2D eigenvalue weighted by Crippen LogP contribution is -2.03. The third-order valence-electron chi connectivity index (χ3n) is 4.63. The summed E-state index contributed by atoms with van der Waals surface area (Å²) >= 11 is 3.53. The maximum absolute atomic E-state index is 12.2. The van der Waals surface area contributed by atoms with Gasteiger partial charge in [0.2, 0.25) is 5.43 Å². The first kappa shape index (κ1) is 22.6.